The third-order valence-corrected chi connectivity index (χ3v) is 13.4. The quantitative estimate of drug-likeness (QED) is 0.175. The molecule has 57 heavy (non-hydrogen) atoms. The van der Waals surface area contributed by atoms with Gasteiger partial charge in [-0.2, -0.15) is 0 Å². The molecule has 0 N–H and O–H groups in total. The fraction of sp³-hybridized carbons (Fsp3) is 0. The fourth-order valence-electron chi connectivity index (χ4n) is 8.37. The largest absolute Gasteiger partial charge is 0.309 e. The maximum absolute atomic E-state index is 5.19. The Bertz CT molecular complexity index is 3530. The minimum atomic E-state index is 0.665. The molecular formula is C51H30N4S2. The highest BCUT2D eigenvalue weighted by atomic mass is 32.1. The molecule has 12 rings (SSSR count). The van der Waals surface area contributed by atoms with Gasteiger partial charge < -0.3 is 4.57 Å². The fourth-order valence-corrected chi connectivity index (χ4v) is 10.7. The molecule has 0 aliphatic rings. The molecule has 4 nitrogen and oxygen atoms in total. The van der Waals surface area contributed by atoms with Crippen molar-refractivity contribution in [2.75, 3.05) is 0 Å². The minimum Gasteiger partial charge on any atom is -0.309 e. The maximum atomic E-state index is 5.19. The van der Waals surface area contributed by atoms with Gasteiger partial charge in [0.15, 0.2) is 17.5 Å². The van der Waals surface area contributed by atoms with Gasteiger partial charge in [0, 0.05) is 73.5 Å². The normalized spacial score (nSPS) is 11.9. The van der Waals surface area contributed by atoms with Crippen molar-refractivity contribution in [2.24, 2.45) is 0 Å². The predicted octanol–water partition coefficient (Wildman–Crippen LogP) is 14.4. The molecule has 0 aliphatic heterocycles. The summed E-state index contributed by atoms with van der Waals surface area (Å²) in [6.45, 7) is 0. The second-order valence-electron chi connectivity index (χ2n) is 14.4. The summed E-state index contributed by atoms with van der Waals surface area (Å²) >= 11 is 3.60. The maximum Gasteiger partial charge on any atom is 0.165 e. The molecule has 0 spiro atoms. The number of hydrogen-bond donors (Lipinski definition) is 0. The molecule has 0 radical (unpaired) electrons. The number of aromatic nitrogens is 4. The van der Waals surface area contributed by atoms with Crippen LogP contribution in [0.15, 0.2) is 182 Å². The Morgan fingerprint density at radius 3 is 1.81 bits per heavy atom. The highest BCUT2D eigenvalue weighted by molar-refractivity contribution is 7.26. The third-order valence-electron chi connectivity index (χ3n) is 11.1. The predicted molar refractivity (Wildman–Crippen MR) is 242 cm³/mol. The first kappa shape index (κ1) is 32.3. The molecule has 266 valence electrons. The smallest absolute Gasteiger partial charge is 0.165 e. The highest BCUT2D eigenvalue weighted by Crippen LogP contribution is 2.42. The highest BCUT2D eigenvalue weighted by Gasteiger charge is 2.18. The summed E-state index contributed by atoms with van der Waals surface area (Å²) in [6.07, 6.45) is 0. The zero-order valence-corrected chi connectivity index (χ0v) is 32.1. The molecular weight excluding hydrogens is 733 g/mol. The van der Waals surface area contributed by atoms with Crippen LogP contribution < -0.4 is 0 Å². The molecule has 8 aromatic carbocycles. The van der Waals surface area contributed by atoms with Gasteiger partial charge in [0.05, 0.1) is 11.0 Å². The van der Waals surface area contributed by atoms with E-state index in [9.17, 15) is 0 Å². The van der Waals surface area contributed by atoms with Crippen LogP contribution >= 0.6 is 22.7 Å². The van der Waals surface area contributed by atoms with Crippen LogP contribution in [0.1, 0.15) is 0 Å². The van der Waals surface area contributed by atoms with E-state index in [1.165, 1.54) is 79.0 Å². The third kappa shape index (κ3) is 5.22. The standard InChI is InChI=1S/C51H30N4S2/c1-3-12-31(13-4-1)49-52-50(54-51(53-49)40-19-11-18-39-37-17-8-10-21-45(37)57-48(39)40)34-22-25-38-42-29-33(24-27-46(42)56-47(38)30-34)32-23-26-44-41(28-32)36-16-7-9-20-43(36)55(44)35-14-5-2-6-15-35/h1-30H. The number of fused-ring (bicyclic) bond motifs is 9. The first-order valence-electron chi connectivity index (χ1n) is 19.0. The molecule has 0 atom stereocenters. The second-order valence-corrected chi connectivity index (χ2v) is 16.5. The van der Waals surface area contributed by atoms with E-state index in [1.54, 1.807) is 11.3 Å². The molecule has 4 aromatic heterocycles. The number of rotatable bonds is 5. The summed E-state index contributed by atoms with van der Waals surface area (Å²) in [5, 5.41) is 7.47. The van der Waals surface area contributed by atoms with E-state index in [2.05, 4.69) is 168 Å². The Morgan fingerprint density at radius 1 is 0.333 bits per heavy atom. The van der Waals surface area contributed by atoms with Crippen molar-refractivity contribution in [1.82, 2.24) is 19.5 Å². The summed E-state index contributed by atoms with van der Waals surface area (Å²) in [7, 11) is 0. The molecule has 4 heterocycles. The van der Waals surface area contributed by atoms with Crippen molar-refractivity contribution in [3.63, 3.8) is 0 Å². The van der Waals surface area contributed by atoms with Crippen LogP contribution in [0.25, 0.3) is 113 Å². The Hall–Kier alpha value is -6.99. The molecule has 0 saturated heterocycles. The molecule has 0 saturated carbocycles. The summed E-state index contributed by atoms with van der Waals surface area (Å²) in [6, 6.07) is 65.0. The van der Waals surface area contributed by atoms with E-state index in [1.807, 2.05) is 29.5 Å². The van der Waals surface area contributed by atoms with Crippen molar-refractivity contribution in [3.05, 3.63) is 182 Å². The number of thiophene rings is 2. The van der Waals surface area contributed by atoms with Crippen LogP contribution in [-0.4, -0.2) is 19.5 Å². The van der Waals surface area contributed by atoms with E-state index in [0.717, 1.165) is 16.7 Å². The Labute approximate surface area is 335 Å². The zero-order chi connectivity index (χ0) is 37.5. The Kier molecular flexibility index (Phi) is 7.24. The van der Waals surface area contributed by atoms with Crippen LogP contribution in [0.3, 0.4) is 0 Å². The van der Waals surface area contributed by atoms with Crippen LogP contribution in [0.2, 0.25) is 0 Å². The molecule has 0 unspecified atom stereocenters. The van der Waals surface area contributed by atoms with Gasteiger partial charge in [0.25, 0.3) is 0 Å². The van der Waals surface area contributed by atoms with E-state index >= 15 is 0 Å². The minimum absolute atomic E-state index is 0.665. The topological polar surface area (TPSA) is 43.6 Å². The number of nitrogens with zero attached hydrogens (tertiary/aromatic N) is 4. The average molecular weight is 763 g/mol. The lowest BCUT2D eigenvalue weighted by Crippen LogP contribution is -2.00. The van der Waals surface area contributed by atoms with Crippen molar-refractivity contribution < 1.29 is 0 Å². The summed E-state index contributed by atoms with van der Waals surface area (Å²) in [4.78, 5) is 15.4. The number of benzene rings is 8. The van der Waals surface area contributed by atoms with Crippen LogP contribution in [0.4, 0.5) is 0 Å². The van der Waals surface area contributed by atoms with Crippen molar-refractivity contribution in [2.45, 2.75) is 0 Å². The first-order chi connectivity index (χ1) is 28.2. The van der Waals surface area contributed by atoms with E-state index in [-0.39, 0.29) is 0 Å². The molecule has 0 fully saturated rings. The molecule has 6 heteroatoms. The summed E-state index contributed by atoms with van der Waals surface area (Å²) in [5.74, 6) is 2.01. The Morgan fingerprint density at radius 2 is 0.947 bits per heavy atom. The van der Waals surface area contributed by atoms with Gasteiger partial charge in [0.2, 0.25) is 0 Å². The molecule has 0 aliphatic carbocycles. The van der Waals surface area contributed by atoms with Gasteiger partial charge in [-0.1, -0.05) is 121 Å². The lowest BCUT2D eigenvalue weighted by molar-refractivity contribution is 1.08. The molecule has 0 amide bonds. The van der Waals surface area contributed by atoms with Gasteiger partial charge in [-0.05, 0) is 71.8 Å². The van der Waals surface area contributed by atoms with E-state index in [0.29, 0.717) is 17.5 Å². The van der Waals surface area contributed by atoms with E-state index in [4.69, 9.17) is 15.0 Å². The number of hydrogen-bond acceptors (Lipinski definition) is 5. The lowest BCUT2D eigenvalue weighted by atomic mass is 10.0. The monoisotopic (exact) mass is 762 g/mol. The zero-order valence-electron chi connectivity index (χ0n) is 30.4. The average Bonchev–Trinajstić information content (AvgIpc) is 3.95. The second kappa shape index (κ2) is 12.8. The molecule has 12 aromatic rings. The van der Waals surface area contributed by atoms with Crippen LogP contribution in [-0.2, 0) is 0 Å². The van der Waals surface area contributed by atoms with Crippen LogP contribution in [0.5, 0.6) is 0 Å². The first-order valence-corrected chi connectivity index (χ1v) is 20.6. The van der Waals surface area contributed by atoms with E-state index < -0.39 is 0 Å². The van der Waals surface area contributed by atoms with Crippen LogP contribution in [0, 0.1) is 0 Å². The van der Waals surface area contributed by atoms with Crippen molar-refractivity contribution in [1.29, 1.82) is 0 Å². The van der Waals surface area contributed by atoms with Crippen molar-refractivity contribution >= 4 is 84.8 Å². The Balaban J connectivity index is 0.976. The summed E-state index contributed by atoms with van der Waals surface area (Å²) < 4.78 is 7.27. The number of para-hydroxylation sites is 2. The van der Waals surface area contributed by atoms with Gasteiger partial charge in [-0.25, -0.2) is 15.0 Å². The van der Waals surface area contributed by atoms with Crippen molar-refractivity contribution in [3.8, 4) is 51.0 Å². The van der Waals surface area contributed by atoms with Gasteiger partial charge in [0.1, 0.15) is 0 Å². The SMILES string of the molecule is c1ccc(-c2nc(-c3ccc4c(c3)sc3ccc(-c5ccc6c(c5)c5ccccc5n6-c5ccccc5)cc34)nc(-c3cccc4c3sc3ccccc34)n2)cc1. The van der Waals surface area contributed by atoms with Gasteiger partial charge in [-0.15, -0.1) is 22.7 Å². The molecule has 0 bridgehead atoms. The van der Waals surface area contributed by atoms with Gasteiger partial charge >= 0.3 is 0 Å². The summed E-state index contributed by atoms with van der Waals surface area (Å²) in [5.41, 5.74) is 8.95. The lowest BCUT2D eigenvalue weighted by Gasteiger charge is -2.09. The van der Waals surface area contributed by atoms with Gasteiger partial charge in [-0.3, -0.25) is 0 Å².